The zero-order chi connectivity index (χ0) is 27.2. The van der Waals surface area contributed by atoms with Gasteiger partial charge in [0.2, 0.25) is 5.91 Å². The quantitative estimate of drug-likeness (QED) is 0.241. The minimum absolute atomic E-state index is 0.166. The summed E-state index contributed by atoms with van der Waals surface area (Å²) in [6.07, 6.45) is 0.662. The third kappa shape index (κ3) is 6.36. The second kappa shape index (κ2) is 12.2. The number of aromatic nitrogens is 2. The van der Waals surface area contributed by atoms with E-state index in [0.717, 1.165) is 28.1 Å². The summed E-state index contributed by atoms with van der Waals surface area (Å²) in [5.41, 5.74) is 4.96. The van der Waals surface area contributed by atoms with Crippen molar-refractivity contribution in [1.82, 2.24) is 14.7 Å². The minimum atomic E-state index is -0.468. The Hall–Kier alpha value is -3.81. The molecule has 0 fully saturated rings. The summed E-state index contributed by atoms with van der Waals surface area (Å²) in [6.45, 7) is 6.17. The molecule has 3 amide bonds. The molecule has 7 nitrogen and oxygen atoms in total. The van der Waals surface area contributed by atoms with Crippen molar-refractivity contribution in [3.63, 3.8) is 0 Å². The van der Waals surface area contributed by atoms with Crippen molar-refractivity contribution in [1.29, 1.82) is 0 Å². The van der Waals surface area contributed by atoms with Crippen molar-refractivity contribution >= 4 is 46.6 Å². The van der Waals surface area contributed by atoms with E-state index in [1.54, 1.807) is 22.9 Å². The van der Waals surface area contributed by atoms with Crippen LogP contribution in [0.15, 0.2) is 72.8 Å². The number of carbonyl (C=O) groups excluding carboxylic acids is 2. The number of nitrogens with zero attached hydrogens (tertiary/aromatic N) is 3. The van der Waals surface area contributed by atoms with Gasteiger partial charge in [0.05, 0.1) is 27.1 Å². The molecule has 38 heavy (non-hydrogen) atoms. The van der Waals surface area contributed by atoms with Gasteiger partial charge in [0.1, 0.15) is 12.4 Å². The topological polar surface area (TPSA) is 79.3 Å². The normalized spacial score (nSPS) is 10.8. The number of rotatable bonds is 8. The van der Waals surface area contributed by atoms with Crippen molar-refractivity contribution in [2.45, 2.75) is 27.2 Å². The van der Waals surface area contributed by atoms with E-state index in [4.69, 9.17) is 28.3 Å². The lowest BCUT2D eigenvalue weighted by Gasteiger charge is -2.23. The molecule has 3 aromatic carbocycles. The van der Waals surface area contributed by atoms with Crippen molar-refractivity contribution < 1.29 is 9.59 Å². The molecule has 0 aliphatic heterocycles. The molecule has 4 rings (SSSR count). The van der Waals surface area contributed by atoms with Crippen molar-refractivity contribution in [3.05, 3.63) is 94.0 Å². The van der Waals surface area contributed by atoms with Crippen LogP contribution in [0.1, 0.15) is 24.5 Å². The first-order valence-corrected chi connectivity index (χ1v) is 13.0. The van der Waals surface area contributed by atoms with Crippen LogP contribution in [0.5, 0.6) is 0 Å². The number of nitrogens with one attached hydrogen (secondary N) is 2. The van der Waals surface area contributed by atoms with E-state index in [2.05, 4.69) is 16.7 Å². The van der Waals surface area contributed by atoms with Gasteiger partial charge in [-0.2, -0.15) is 5.10 Å². The molecular weight excluding hydrogens is 521 g/mol. The highest BCUT2D eigenvalue weighted by molar-refractivity contribution is 6.39. The van der Waals surface area contributed by atoms with Gasteiger partial charge in [-0.15, -0.1) is 0 Å². The molecule has 9 heteroatoms. The number of para-hydroxylation sites is 1. The van der Waals surface area contributed by atoms with Crippen LogP contribution in [-0.4, -0.2) is 39.7 Å². The molecule has 0 aliphatic rings. The predicted octanol–water partition coefficient (Wildman–Crippen LogP) is 7.35. The van der Waals surface area contributed by atoms with Crippen molar-refractivity contribution in [2.75, 3.05) is 23.7 Å². The van der Waals surface area contributed by atoms with Gasteiger partial charge in [-0.05, 0) is 44.0 Å². The highest BCUT2D eigenvalue weighted by Gasteiger charge is 2.21. The Morgan fingerprint density at radius 2 is 1.63 bits per heavy atom. The van der Waals surface area contributed by atoms with E-state index in [-0.39, 0.29) is 12.5 Å². The smallest absolute Gasteiger partial charge is 0.315 e. The summed E-state index contributed by atoms with van der Waals surface area (Å²) < 4.78 is 1.72. The molecule has 0 atom stereocenters. The Morgan fingerprint density at radius 3 is 2.29 bits per heavy atom. The monoisotopic (exact) mass is 549 g/mol. The molecular formula is C29H29Cl2N5O2. The van der Waals surface area contributed by atoms with E-state index in [1.807, 2.05) is 69.3 Å². The van der Waals surface area contributed by atoms with E-state index < -0.39 is 6.03 Å². The van der Waals surface area contributed by atoms with Crippen LogP contribution in [-0.2, 0) is 4.79 Å². The highest BCUT2D eigenvalue weighted by Crippen LogP contribution is 2.30. The van der Waals surface area contributed by atoms with Crippen LogP contribution in [0.2, 0.25) is 10.0 Å². The predicted molar refractivity (Wildman–Crippen MR) is 154 cm³/mol. The molecule has 1 heterocycles. The van der Waals surface area contributed by atoms with Crippen LogP contribution in [0.25, 0.3) is 16.9 Å². The van der Waals surface area contributed by atoms with Gasteiger partial charge in [0.25, 0.3) is 0 Å². The van der Waals surface area contributed by atoms with Gasteiger partial charge in [0, 0.05) is 18.2 Å². The molecule has 0 bridgehead atoms. The summed E-state index contributed by atoms with van der Waals surface area (Å²) in [5, 5.41) is 11.1. The summed E-state index contributed by atoms with van der Waals surface area (Å²) in [7, 11) is 0. The van der Waals surface area contributed by atoms with Gasteiger partial charge in [-0.1, -0.05) is 84.2 Å². The fourth-order valence-electron chi connectivity index (χ4n) is 4.13. The van der Waals surface area contributed by atoms with Gasteiger partial charge < -0.3 is 15.5 Å². The van der Waals surface area contributed by atoms with Gasteiger partial charge in [-0.3, -0.25) is 4.79 Å². The molecule has 0 radical (unpaired) electrons. The van der Waals surface area contributed by atoms with Crippen LogP contribution in [0, 0.1) is 13.8 Å². The molecule has 0 saturated heterocycles. The molecule has 0 aliphatic carbocycles. The summed E-state index contributed by atoms with van der Waals surface area (Å²) in [4.78, 5) is 27.7. The standard InChI is InChI=1S/C29H29Cl2N5O2/c1-4-15-35(29(38)33-28-22(30)11-8-12-23(28)31)18-27(37)32-26-17-24(21-9-6-5-7-10-21)34-36(26)25-14-13-19(2)16-20(25)3/h5-14,16-17H,4,15,18H2,1-3H3,(H,32,37)(H,33,38). The Bertz CT molecular complexity index is 1430. The summed E-state index contributed by atoms with van der Waals surface area (Å²) in [6, 6.07) is 22.1. The van der Waals surface area contributed by atoms with Gasteiger partial charge in [-0.25, -0.2) is 9.48 Å². The lowest BCUT2D eigenvalue weighted by Crippen LogP contribution is -2.41. The van der Waals surface area contributed by atoms with E-state index in [0.29, 0.717) is 34.5 Å². The van der Waals surface area contributed by atoms with E-state index in [9.17, 15) is 9.59 Å². The van der Waals surface area contributed by atoms with Crippen LogP contribution >= 0.6 is 23.2 Å². The average Bonchev–Trinajstić information content (AvgIpc) is 3.29. The Kier molecular flexibility index (Phi) is 8.71. The number of benzene rings is 3. The lowest BCUT2D eigenvalue weighted by atomic mass is 10.1. The molecule has 0 saturated carbocycles. The van der Waals surface area contributed by atoms with Gasteiger partial charge >= 0.3 is 6.03 Å². The second-order valence-corrected chi connectivity index (χ2v) is 9.79. The first kappa shape index (κ1) is 27.2. The largest absolute Gasteiger partial charge is 0.322 e. The van der Waals surface area contributed by atoms with Crippen molar-refractivity contribution in [3.8, 4) is 16.9 Å². The zero-order valence-electron chi connectivity index (χ0n) is 21.5. The maximum atomic E-state index is 13.2. The molecule has 1 aromatic heterocycles. The number of aryl methyl sites for hydroxylation is 2. The second-order valence-electron chi connectivity index (χ2n) is 8.98. The highest BCUT2D eigenvalue weighted by atomic mass is 35.5. The summed E-state index contributed by atoms with van der Waals surface area (Å²) in [5.74, 6) is 0.149. The molecule has 4 aromatic rings. The molecule has 0 unspecified atom stereocenters. The number of halogens is 2. The third-order valence-electron chi connectivity index (χ3n) is 5.94. The van der Waals surface area contributed by atoms with E-state index >= 15 is 0 Å². The SMILES string of the molecule is CCCN(CC(=O)Nc1cc(-c2ccccc2)nn1-c1ccc(C)cc1C)C(=O)Nc1c(Cl)cccc1Cl. The molecule has 0 spiro atoms. The van der Waals surface area contributed by atoms with Crippen LogP contribution < -0.4 is 10.6 Å². The number of carbonyl (C=O) groups is 2. The number of amides is 3. The third-order valence-corrected chi connectivity index (χ3v) is 6.57. The minimum Gasteiger partial charge on any atom is -0.315 e. The van der Waals surface area contributed by atoms with Crippen LogP contribution in [0.3, 0.4) is 0 Å². The first-order valence-electron chi connectivity index (χ1n) is 12.3. The number of hydrogen-bond donors (Lipinski definition) is 2. The lowest BCUT2D eigenvalue weighted by molar-refractivity contribution is -0.116. The number of urea groups is 1. The molecule has 196 valence electrons. The maximum Gasteiger partial charge on any atom is 0.322 e. The summed E-state index contributed by atoms with van der Waals surface area (Å²) >= 11 is 12.4. The van der Waals surface area contributed by atoms with Gasteiger partial charge in [0.15, 0.2) is 0 Å². The Balaban J connectivity index is 1.59. The number of anilines is 2. The van der Waals surface area contributed by atoms with Crippen molar-refractivity contribution in [2.24, 2.45) is 0 Å². The fourth-order valence-corrected chi connectivity index (χ4v) is 4.62. The Morgan fingerprint density at radius 1 is 0.921 bits per heavy atom. The number of hydrogen-bond acceptors (Lipinski definition) is 3. The first-order chi connectivity index (χ1) is 18.3. The zero-order valence-corrected chi connectivity index (χ0v) is 23.0. The fraction of sp³-hybridized carbons (Fsp3) is 0.207. The van der Waals surface area contributed by atoms with Crippen LogP contribution in [0.4, 0.5) is 16.3 Å². The van der Waals surface area contributed by atoms with E-state index in [1.165, 1.54) is 4.90 Å². The molecule has 2 N–H and O–H groups in total. The average molecular weight is 550 g/mol. The maximum absolute atomic E-state index is 13.2. The Labute approximate surface area is 232 Å².